The van der Waals surface area contributed by atoms with E-state index in [9.17, 15) is 0 Å². The molecule has 0 aromatic heterocycles. The van der Waals surface area contributed by atoms with Gasteiger partial charge in [-0.15, -0.1) is 0 Å². The molecule has 0 heterocycles. The predicted molar refractivity (Wildman–Crippen MR) is 95.1 cm³/mol. The highest BCUT2D eigenvalue weighted by Gasteiger charge is 1.96. The second-order valence-corrected chi connectivity index (χ2v) is 6.40. The summed E-state index contributed by atoms with van der Waals surface area (Å²) in [5.41, 5.74) is 0. The van der Waals surface area contributed by atoms with Crippen LogP contribution in [0, 0.1) is 0 Å². The Morgan fingerprint density at radius 3 is 1.86 bits per heavy atom. The first-order chi connectivity index (χ1) is 10.2. The lowest BCUT2D eigenvalue weighted by Gasteiger charge is -2.10. The SMILES string of the molecule is CNC(C)CCNCCCCCCCNCCCN(C)C. The van der Waals surface area contributed by atoms with E-state index >= 15 is 0 Å². The van der Waals surface area contributed by atoms with Gasteiger partial charge in [0.05, 0.1) is 0 Å². The van der Waals surface area contributed by atoms with Gasteiger partial charge in [-0.1, -0.05) is 19.3 Å². The van der Waals surface area contributed by atoms with Crippen LogP contribution >= 0.6 is 0 Å². The van der Waals surface area contributed by atoms with E-state index in [2.05, 4.69) is 41.9 Å². The molecule has 0 saturated carbocycles. The molecule has 4 nitrogen and oxygen atoms in total. The summed E-state index contributed by atoms with van der Waals surface area (Å²) in [5.74, 6) is 0. The van der Waals surface area contributed by atoms with E-state index < -0.39 is 0 Å². The third-order valence-electron chi connectivity index (χ3n) is 3.91. The van der Waals surface area contributed by atoms with Crippen LogP contribution in [0.25, 0.3) is 0 Å². The largest absolute Gasteiger partial charge is 0.317 e. The Labute approximate surface area is 133 Å². The summed E-state index contributed by atoms with van der Waals surface area (Å²) in [6.07, 6.45) is 9.25. The van der Waals surface area contributed by atoms with Crippen molar-refractivity contribution < 1.29 is 0 Å². The molecule has 1 atom stereocenters. The van der Waals surface area contributed by atoms with Crippen molar-refractivity contribution in [1.82, 2.24) is 20.9 Å². The maximum Gasteiger partial charge on any atom is 0.00478 e. The maximum atomic E-state index is 3.53. The molecule has 0 amide bonds. The summed E-state index contributed by atoms with van der Waals surface area (Å²) in [7, 11) is 6.30. The first-order valence-corrected chi connectivity index (χ1v) is 8.90. The van der Waals surface area contributed by atoms with E-state index in [-0.39, 0.29) is 0 Å². The van der Waals surface area contributed by atoms with E-state index in [1.165, 1.54) is 64.6 Å². The molecule has 0 aromatic rings. The van der Waals surface area contributed by atoms with Crippen LogP contribution in [0.15, 0.2) is 0 Å². The Bertz CT molecular complexity index is 197. The summed E-state index contributed by atoms with van der Waals surface area (Å²) in [4.78, 5) is 2.25. The number of hydrogen-bond donors (Lipinski definition) is 3. The topological polar surface area (TPSA) is 39.3 Å². The Hall–Kier alpha value is -0.160. The molecule has 128 valence electrons. The van der Waals surface area contributed by atoms with Crippen molar-refractivity contribution in [2.24, 2.45) is 0 Å². The lowest BCUT2D eigenvalue weighted by Crippen LogP contribution is -2.27. The zero-order valence-corrected chi connectivity index (χ0v) is 15.0. The highest BCUT2D eigenvalue weighted by Crippen LogP contribution is 2.01. The van der Waals surface area contributed by atoms with E-state index in [1.54, 1.807) is 0 Å². The Morgan fingerprint density at radius 2 is 1.29 bits per heavy atom. The van der Waals surface area contributed by atoms with Gasteiger partial charge >= 0.3 is 0 Å². The minimum Gasteiger partial charge on any atom is -0.317 e. The van der Waals surface area contributed by atoms with Gasteiger partial charge in [0.2, 0.25) is 0 Å². The van der Waals surface area contributed by atoms with Crippen LogP contribution in [-0.4, -0.2) is 64.8 Å². The highest BCUT2D eigenvalue weighted by atomic mass is 15.0. The van der Waals surface area contributed by atoms with Gasteiger partial charge in [-0.05, 0) is 86.5 Å². The van der Waals surface area contributed by atoms with Gasteiger partial charge in [-0.3, -0.25) is 0 Å². The highest BCUT2D eigenvalue weighted by molar-refractivity contribution is 4.59. The fourth-order valence-electron chi connectivity index (χ4n) is 2.26. The molecule has 0 aliphatic carbocycles. The minimum atomic E-state index is 0.628. The Kier molecular flexibility index (Phi) is 16.1. The summed E-state index contributed by atoms with van der Waals surface area (Å²) >= 11 is 0. The first-order valence-electron chi connectivity index (χ1n) is 8.90. The quantitative estimate of drug-likeness (QED) is 0.382. The van der Waals surface area contributed by atoms with E-state index in [0.29, 0.717) is 6.04 Å². The molecule has 0 radical (unpaired) electrons. The molecule has 0 aliphatic rings. The molecule has 0 bridgehead atoms. The summed E-state index contributed by atoms with van der Waals surface area (Å²) in [6, 6.07) is 0.628. The van der Waals surface area contributed by atoms with Crippen molar-refractivity contribution in [2.45, 2.75) is 57.9 Å². The van der Waals surface area contributed by atoms with Crippen LogP contribution in [0.4, 0.5) is 0 Å². The molecule has 0 spiro atoms. The monoisotopic (exact) mass is 300 g/mol. The molecule has 0 rings (SSSR count). The van der Waals surface area contributed by atoms with Crippen molar-refractivity contribution in [1.29, 1.82) is 0 Å². The molecule has 4 heteroatoms. The lowest BCUT2D eigenvalue weighted by molar-refractivity contribution is 0.393. The molecule has 21 heavy (non-hydrogen) atoms. The number of hydrogen-bond acceptors (Lipinski definition) is 4. The van der Waals surface area contributed by atoms with Gasteiger partial charge in [0.15, 0.2) is 0 Å². The maximum absolute atomic E-state index is 3.53. The van der Waals surface area contributed by atoms with Crippen molar-refractivity contribution in [3.05, 3.63) is 0 Å². The summed E-state index contributed by atoms with van der Waals surface area (Å²) in [6.45, 7) is 8.09. The number of nitrogens with one attached hydrogen (secondary N) is 3. The van der Waals surface area contributed by atoms with Crippen LogP contribution in [0.2, 0.25) is 0 Å². The van der Waals surface area contributed by atoms with Gasteiger partial charge in [0.1, 0.15) is 0 Å². The average Bonchev–Trinajstić information content (AvgIpc) is 2.46. The fourth-order valence-corrected chi connectivity index (χ4v) is 2.26. The van der Waals surface area contributed by atoms with Crippen LogP contribution in [0.5, 0.6) is 0 Å². The van der Waals surface area contributed by atoms with Crippen molar-refractivity contribution in [3.63, 3.8) is 0 Å². The third kappa shape index (κ3) is 17.8. The Balaban J connectivity index is 2.99. The zero-order chi connectivity index (χ0) is 15.8. The first kappa shape index (κ1) is 20.8. The molecule has 3 N–H and O–H groups in total. The summed E-state index contributed by atoms with van der Waals surface area (Å²) < 4.78 is 0. The second-order valence-electron chi connectivity index (χ2n) is 6.40. The average molecular weight is 301 g/mol. The zero-order valence-electron chi connectivity index (χ0n) is 15.0. The second kappa shape index (κ2) is 16.2. The third-order valence-corrected chi connectivity index (χ3v) is 3.91. The van der Waals surface area contributed by atoms with Gasteiger partial charge < -0.3 is 20.9 Å². The molecular formula is C17H40N4. The van der Waals surface area contributed by atoms with Crippen LogP contribution in [-0.2, 0) is 0 Å². The molecule has 0 fully saturated rings. The van der Waals surface area contributed by atoms with E-state index in [0.717, 1.165) is 13.1 Å². The van der Waals surface area contributed by atoms with Crippen molar-refractivity contribution >= 4 is 0 Å². The summed E-state index contributed by atoms with van der Waals surface area (Å²) in [5, 5.41) is 10.3. The van der Waals surface area contributed by atoms with E-state index in [4.69, 9.17) is 0 Å². The lowest BCUT2D eigenvalue weighted by atomic mass is 10.1. The molecule has 0 aromatic carbocycles. The van der Waals surface area contributed by atoms with Gasteiger partial charge in [0.25, 0.3) is 0 Å². The molecular weight excluding hydrogens is 260 g/mol. The Morgan fingerprint density at radius 1 is 0.762 bits per heavy atom. The number of nitrogens with zero attached hydrogens (tertiary/aromatic N) is 1. The van der Waals surface area contributed by atoms with Crippen LogP contribution in [0.1, 0.15) is 51.9 Å². The van der Waals surface area contributed by atoms with Crippen molar-refractivity contribution in [3.8, 4) is 0 Å². The van der Waals surface area contributed by atoms with Crippen molar-refractivity contribution in [2.75, 3.05) is 53.9 Å². The smallest absolute Gasteiger partial charge is 0.00478 e. The number of rotatable bonds is 16. The molecule has 1 unspecified atom stereocenters. The number of unbranched alkanes of at least 4 members (excludes halogenated alkanes) is 4. The van der Waals surface area contributed by atoms with Gasteiger partial charge in [0, 0.05) is 6.04 Å². The van der Waals surface area contributed by atoms with E-state index in [1.807, 2.05) is 7.05 Å². The van der Waals surface area contributed by atoms with Crippen LogP contribution < -0.4 is 16.0 Å². The molecule has 0 aliphatic heterocycles. The van der Waals surface area contributed by atoms with Gasteiger partial charge in [-0.25, -0.2) is 0 Å². The fraction of sp³-hybridized carbons (Fsp3) is 1.00. The van der Waals surface area contributed by atoms with Crippen LogP contribution in [0.3, 0.4) is 0 Å². The standard InChI is InChI=1S/C17H40N4/c1-17(18-2)11-15-20-13-9-7-5-6-8-12-19-14-10-16-21(3)4/h17-20H,5-16H2,1-4H3. The normalized spacial score (nSPS) is 13.0. The predicted octanol–water partition coefficient (Wildman–Crippen LogP) is 2.07. The molecule has 0 saturated heterocycles. The minimum absolute atomic E-state index is 0.628. The van der Waals surface area contributed by atoms with Gasteiger partial charge in [-0.2, -0.15) is 0 Å².